The Hall–Kier alpha value is -0.200. The minimum absolute atomic E-state index is 0.196. The lowest BCUT2D eigenvalue weighted by Crippen LogP contribution is -2.43. The van der Waals surface area contributed by atoms with Gasteiger partial charge in [0.05, 0.1) is 6.10 Å². The van der Waals surface area contributed by atoms with Gasteiger partial charge in [0.2, 0.25) is 5.91 Å². The molecular formula is C12H23NO3S2. The Kier molecular flexibility index (Phi) is 10.6. The van der Waals surface area contributed by atoms with Crippen LogP contribution in [0, 0.1) is 0 Å². The van der Waals surface area contributed by atoms with Crippen LogP contribution < -0.4 is 5.32 Å². The minimum Gasteiger partial charge on any atom is -0.391 e. The lowest BCUT2D eigenvalue weighted by molar-refractivity contribution is -0.125. The van der Waals surface area contributed by atoms with Crippen molar-refractivity contribution in [2.45, 2.75) is 56.4 Å². The molecule has 0 spiro atoms. The van der Waals surface area contributed by atoms with Gasteiger partial charge in [-0.05, 0) is 31.9 Å². The number of aldehydes is 1. The molecule has 0 rings (SSSR count). The van der Waals surface area contributed by atoms with Crippen LogP contribution in [0.3, 0.4) is 0 Å². The summed E-state index contributed by atoms with van der Waals surface area (Å²) in [5.41, 5.74) is 0. The molecule has 3 unspecified atom stereocenters. The molecule has 1 amide bonds. The van der Waals surface area contributed by atoms with Crippen LogP contribution in [0.1, 0.15) is 39.0 Å². The maximum absolute atomic E-state index is 11.5. The van der Waals surface area contributed by atoms with Gasteiger partial charge in [0, 0.05) is 11.7 Å². The molecule has 106 valence electrons. The van der Waals surface area contributed by atoms with Crippen LogP contribution in [0.4, 0.5) is 0 Å². The van der Waals surface area contributed by atoms with Gasteiger partial charge in [0.1, 0.15) is 12.3 Å². The average Bonchev–Trinajstić information content (AvgIpc) is 2.31. The zero-order chi connectivity index (χ0) is 14.0. The SMILES string of the molecule is CC(O)C(C=O)NC(=O)CCCCC(S)CCS. The fraction of sp³-hybridized carbons (Fsp3) is 0.833. The highest BCUT2D eigenvalue weighted by atomic mass is 32.1. The van der Waals surface area contributed by atoms with E-state index in [2.05, 4.69) is 30.6 Å². The summed E-state index contributed by atoms with van der Waals surface area (Å²) in [5.74, 6) is 0.627. The first-order valence-corrected chi connectivity index (χ1v) is 7.37. The molecule has 4 nitrogen and oxygen atoms in total. The van der Waals surface area contributed by atoms with Gasteiger partial charge < -0.3 is 15.2 Å². The van der Waals surface area contributed by atoms with Crippen LogP contribution in [-0.2, 0) is 9.59 Å². The first-order valence-electron chi connectivity index (χ1n) is 6.23. The van der Waals surface area contributed by atoms with E-state index < -0.39 is 12.1 Å². The summed E-state index contributed by atoms with van der Waals surface area (Å²) >= 11 is 8.54. The molecule has 0 aliphatic rings. The molecule has 0 aromatic carbocycles. The van der Waals surface area contributed by atoms with E-state index >= 15 is 0 Å². The Bertz CT molecular complexity index is 249. The van der Waals surface area contributed by atoms with E-state index in [1.54, 1.807) is 0 Å². The highest BCUT2D eigenvalue weighted by Gasteiger charge is 2.15. The smallest absolute Gasteiger partial charge is 0.220 e. The van der Waals surface area contributed by atoms with Crippen LogP contribution in [-0.4, -0.2) is 40.4 Å². The van der Waals surface area contributed by atoms with Crippen LogP contribution in [0.5, 0.6) is 0 Å². The van der Waals surface area contributed by atoms with Gasteiger partial charge in [-0.15, -0.1) is 0 Å². The standard InChI is InChI=1S/C12H23NO3S2/c1-9(15)11(8-14)13-12(16)5-3-2-4-10(18)6-7-17/h8-11,15,17-18H,2-7H2,1H3,(H,13,16). The summed E-state index contributed by atoms with van der Waals surface area (Å²) in [6, 6.07) is -0.806. The Morgan fingerprint density at radius 3 is 2.56 bits per heavy atom. The first kappa shape index (κ1) is 17.8. The molecule has 0 fully saturated rings. The fourth-order valence-corrected chi connectivity index (χ4v) is 2.31. The second kappa shape index (κ2) is 10.7. The summed E-state index contributed by atoms with van der Waals surface area (Å²) in [4.78, 5) is 22.1. The molecule has 0 bridgehead atoms. The molecule has 18 heavy (non-hydrogen) atoms. The highest BCUT2D eigenvalue weighted by molar-refractivity contribution is 7.81. The monoisotopic (exact) mass is 293 g/mol. The van der Waals surface area contributed by atoms with Crippen LogP contribution in [0.2, 0.25) is 0 Å². The van der Waals surface area contributed by atoms with Crippen LogP contribution >= 0.6 is 25.3 Å². The van der Waals surface area contributed by atoms with Crippen LogP contribution in [0.15, 0.2) is 0 Å². The highest BCUT2D eigenvalue weighted by Crippen LogP contribution is 2.12. The van der Waals surface area contributed by atoms with Crippen molar-refractivity contribution in [1.29, 1.82) is 0 Å². The predicted octanol–water partition coefficient (Wildman–Crippen LogP) is 1.23. The summed E-state index contributed by atoms with van der Waals surface area (Å²) in [6.07, 6.45) is 3.69. The van der Waals surface area contributed by atoms with Gasteiger partial charge in [0.15, 0.2) is 0 Å². The molecule has 0 saturated carbocycles. The van der Waals surface area contributed by atoms with Crippen molar-refractivity contribution >= 4 is 37.5 Å². The lowest BCUT2D eigenvalue weighted by atomic mass is 10.1. The number of aliphatic hydroxyl groups is 1. The third-order valence-corrected chi connectivity index (χ3v) is 3.42. The number of thiol groups is 2. The van der Waals surface area contributed by atoms with Gasteiger partial charge in [-0.1, -0.05) is 6.42 Å². The molecule has 0 aromatic rings. The number of unbranched alkanes of at least 4 members (excludes halogenated alkanes) is 1. The molecule has 0 aromatic heterocycles. The lowest BCUT2D eigenvalue weighted by Gasteiger charge is -2.15. The van der Waals surface area contributed by atoms with E-state index in [9.17, 15) is 14.7 Å². The molecule has 0 heterocycles. The number of hydrogen-bond acceptors (Lipinski definition) is 5. The number of carbonyl (C=O) groups excluding carboxylic acids is 2. The molecular weight excluding hydrogens is 270 g/mol. The number of rotatable bonds is 10. The molecule has 2 N–H and O–H groups in total. The Balaban J connectivity index is 3.67. The topological polar surface area (TPSA) is 66.4 Å². The van der Waals surface area contributed by atoms with E-state index in [0.717, 1.165) is 31.4 Å². The summed E-state index contributed by atoms with van der Waals surface area (Å²) in [7, 11) is 0. The van der Waals surface area contributed by atoms with Crippen LogP contribution in [0.25, 0.3) is 0 Å². The number of nitrogens with one attached hydrogen (secondary N) is 1. The average molecular weight is 293 g/mol. The normalized spacial score (nSPS) is 15.8. The number of amides is 1. The van der Waals surface area contributed by atoms with Crippen molar-refractivity contribution < 1.29 is 14.7 Å². The van der Waals surface area contributed by atoms with E-state index in [1.807, 2.05) is 0 Å². The third kappa shape index (κ3) is 8.83. The maximum atomic E-state index is 11.5. The molecule has 0 saturated heterocycles. The first-order chi connectivity index (χ1) is 8.51. The van der Waals surface area contributed by atoms with E-state index in [0.29, 0.717) is 18.0 Å². The summed E-state index contributed by atoms with van der Waals surface area (Å²) in [5, 5.41) is 12.0. The predicted molar refractivity (Wildman–Crippen MR) is 79.4 cm³/mol. The van der Waals surface area contributed by atoms with Crippen molar-refractivity contribution in [2.75, 3.05) is 5.75 Å². The zero-order valence-electron chi connectivity index (χ0n) is 10.7. The van der Waals surface area contributed by atoms with Crippen molar-refractivity contribution in [1.82, 2.24) is 5.32 Å². The van der Waals surface area contributed by atoms with Gasteiger partial charge in [-0.3, -0.25) is 4.79 Å². The van der Waals surface area contributed by atoms with Crippen molar-refractivity contribution in [3.63, 3.8) is 0 Å². The number of hydrogen-bond donors (Lipinski definition) is 4. The van der Waals surface area contributed by atoms with Crippen molar-refractivity contribution in [3.8, 4) is 0 Å². The maximum Gasteiger partial charge on any atom is 0.220 e. The zero-order valence-corrected chi connectivity index (χ0v) is 12.5. The Labute approximate surface area is 120 Å². The molecule has 0 aliphatic heterocycles. The van der Waals surface area contributed by atoms with Gasteiger partial charge in [-0.25, -0.2) is 0 Å². The molecule has 0 aliphatic carbocycles. The molecule has 3 atom stereocenters. The third-order valence-electron chi connectivity index (χ3n) is 2.65. The fourth-order valence-electron chi connectivity index (χ4n) is 1.49. The Morgan fingerprint density at radius 1 is 1.39 bits per heavy atom. The number of carbonyl (C=O) groups is 2. The quantitative estimate of drug-likeness (QED) is 0.278. The Morgan fingerprint density at radius 2 is 2.06 bits per heavy atom. The summed E-state index contributed by atoms with van der Waals surface area (Å²) < 4.78 is 0. The minimum atomic E-state index is -0.858. The van der Waals surface area contributed by atoms with Crippen molar-refractivity contribution in [3.05, 3.63) is 0 Å². The molecule has 0 radical (unpaired) electrons. The van der Waals surface area contributed by atoms with E-state index in [-0.39, 0.29) is 5.91 Å². The van der Waals surface area contributed by atoms with Gasteiger partial charge in [-0.2, -0.15) is 25.3 Å². The van der Waals surface area contributed by atoms with Gasteiger partial charge in [0.25, 0.3) is 0 Å². The second-order valence-electron chi connectivity index (χ2n) is 4.38. The molecule has 6 heteroatoms. The van der Waals surface area contributed by atoms with Gasteiger partial charge >= 0.3 is 0 Å². The van der Waals surface area contributed by atoms with E-state index in [1.165, 1.54) is 6.92 Å². The number of aliphatic hydroxyl groups excluding tert-OH is 1. The second-order valence-corrected chi connectivity index (χ2v) is 5.56. The van der Waals surface area contributed by atoms with Crippen molar-refractivity contribution in [2.24, 2.45) is 0 Å². The van der Waals surface area contributed by atoms with E-state index in [4.69, 9.17) is 0 Å². The summed E-state index contributed by atoms with van der Waals surface area (Å²) in [6.45, 7) is 1.47. The largest absolute Gasteiger partial charge is 0.391 e.